The van der Waals surface area contributed by atoms with Gasteiger partial charge in [-0.3, -0.25) is 0 Å². The van der Waals surface area contributed by atoms with E-state index in [0.29, 0.717) is 5.92 Å². The van der Waals surface area contributed by atoms with E-state index in [0.717, 1.165) is 17.9 Å². The van der Waals surface area contributed by atoms with E-state index in [1.807, 2.05) is 6.07 Å². The van der Waals surface area contributed by atoms with E-state index in [1.54, 1.807) is 14.2 Å². The third kappa shape index (κ3) is 2.29. The number of fused-ring (bicyclic) bond motifs is 1. The number of ether oxygens (including phenoxy) is 2. The Hall–Kier alpha value is -2.22. The maximum absolute atomic E-state index is 5.72. The van der Waals surface area contributed by atoms with Crippen LogP contribution in [-0.2, 0) is 0 Å². The molecule has 114 valence electrons. The fraction of sp³-hybridized carbons (Fsp3) is 0.300. The third-order valence-corrected chi connectivity index (χ3v) is 4.44. The van der Waals surface area contributed by atoms with Crippen LogP contribution in [0.1, 0.15) is 41.5 Å². The molecule has 0 heterocycles. The van der Waals surface area contributed by atoms with Crippen LogP contribution in [0.3, 0.4) is 0 Å². The number of rotatable bonds is 3. The first kappa shape index (κ1) is 14.7. The number of hydrogen-bond acceptors (Lipinski definition) is 2. The van der Waals surface area contributed by atoms with Crippen LogP contribution in [0.25, 0.3) is 5.57 Å². The van der Waals surface area contributed by atoms with Crippen LogP contribution < -0.4 is 9.47 Å². The molecule has 0 amide bonds. The molecule has 2 nitrogen and oxygen atoms in total. The molecule has 2 aromatic carbocycles. The van der Waals surface area contributed by atoms with Crippen molar-refractivity contribution in [3.05, 3.63) is 64.7 Å². The summed E-state index contributed by atoms with van der Waals surface area (Å²) in [7, 11) is 3.41. The molecule has 0 aliphatic heterocycles. The van der Waals surface area contributed by atoms with Crippen molar-refractivity contribution in [2.24, 2.45) is 0 Å². The van der Waals surface area contributed by atoms with Crippen molar-refractivity contribution in [2.45, 2.75) is 26.2 Å². The smallest absolute Gasteiger partial charge is 0.168 e. The molecular formula is C20H22O2. The summed E-state index contributed by atoms with van der Waals surface area (Å²) < 4.78 is 11.3. The topological polar surface area (TPSA) is 18.5 Å². The van der Waals surface area contributed by atoms with Gasteiger partial charge in [-0.15, -0.1) is 0 Å². The SMILES string of the molecule is COc1cc(C)c2c(c1OC)C(c1ccccc1)=CCC2C. The van der Waals surface area contributed by atoms with Gasteiger partial charge in [0.25, 0.3) is 0 Å². The van der Waals surface area contributed by atoms with E-state index in [2.05, 4.69) is 50.3 Å². The quantitative estimate of drug-likeness (QED) is 0.797. The molecule has 1 aliphatic rings. The van der Waals surface area contributed by atoms with Crippen LogP contribution in [0, 0.1) is 6.92 Å². The Balaban J connectivity index is 2.31. The van der Waals surface area contributed by atoms with Gasteiger partial charge in [-0.05, 0) is 47.6 Å². The molecule has 22 heavy (non-hydrogen) atoms. The fourth-order valence-electron chi connectivity index (χ4n) is 3.43. The lowest BCUT2D eigenvalue weighted by Gasteiger charge is -2.28. The summed E-state index contributed by atoms with van der Waals surface area (Å²) in [6.45, 7) is 4.43. The van der Waals surface area contributed by atoms with Gasteiger partial charge in [0.05, 0.1) is 14.2 Å². The van der Waals surface area contributed by atoms with Crippen molar-refractivity contribution in [3.8, 4) is 11.5 Å². The van der Waals surface area contributed by atoms with Gasteiger partial charge < -0.3 is 9.47 Å². The third-order valence-electron chi connectivity index (χ3n) is 4.44. The summed E-state index contributed by atoms with van der Waals surface area (Å²) >= 11 is 0. The highest BCUT2D eigenvalue weighted by Crippen LogP contribution is 2.47. The molecule has 0 N–H and O–H groups in total. The minimum absolute atomic E-state index is 0.488. The summed E-state index contributed by atoms with van der Waals surface area (Å²) in [5.74, 6) is 2.13. The number of allylic oxidation sites excluding steroid dienone is 1. The summed E-state index contributed by atoms with van der Waals surface area (Å²) in [6, 6.07) is 12.6. The van der Waals surface area contributed by atoms with Crippen molar-refractivity contribution in [2.75, 3.05) is 14.2 Å². The second-order valence-electron chi connectivity index (χ2n) is 5.84. The summed E-state index contributed by atoms with van der Waals surface area (Å²) in [5.41, 5.74) is 6.29. The van der Waals surface area contributed by atoms with Crippen LogP contribution in [0.4, 0.5) is 0 Å². The highest BCUT2D eigenvalue weighted by atomic mass is 16.5. The molecule has 0 bridgehead atoms. The molecule has 0 spiro atoms. The van der Waals surface area contributed by atoms with E-state index >= 15 is 0 Å². The Kier molecular flexibility index (Phi) is 3.93. The zero-order chi connectivity index (χ0) is 15.7. The average Bonchev–Trinajstić information content (AvgIpc) is 2.55. The van der Waals surface area contributed by atoms with E-state index in [1.165, 1.54) is 27.8 Å². The van der Waals surface area contributed by atoms with Crippen LogP contribution in [0.2, 0.25) is 0 Å². The maximum atomic E-state index is 5.72. The molecule has 0 saturated heterocycles. The van der Waals surface area contributed by atoms with Gasteiger partial charge in [-0.2, -0.15) is 0 Å². The first-order valence-electron chi connectivity index (χ1n) is 7.68. The van der Waals surface area contributed by atoms with E-state index in [4.69, 9.17) is 9.47 Å². The highest BCUT2D eigenvalue weighted by Gasteiger charge is 2.27. The van der Waals surface area contributed by atoms with Crippen molar-refractivity contribution >= 4 is 5.57 Å². The molecule has 1 atom stereocenters. The number of aryl methyl sites for hydroxylation is 1. The zero-order valence-corrected chi connectivity index (χ0v) is 13.6. The minimum Gasteiger partial charge on any atom is -0.493 e. The molecule has 0 radical (unpaired) electrons. The van der Waals surface area contributed by atoms with E-state index < -0.39 is 0 Å². The molecule has 3 rings (SSSR count). The predicted molar refractivity (Wildman–Crippen MR) is 90.8 cm³/mol. The van der Waals surface area contributed by atoms with Gasteiger partial charge in [0.1, 0.15) is 0 Å². The maximum Gasteiger partial charge on any atom is 0.168 e. The Labute approximate surface area is 132 Å². The van der Waals surface area contributed by atoms with Crippen LogP contribution in [-0.4, -0.2) is 14.2 Å². The number of hydrogen-bond donors (Lipinski definition) is 0. The fourth-order valence-corrected chi connectivity index (χ4v) is 3.43. The highest BCUT2D eigenvalue weighted by molar-refractivity contribution is 5.88. The minimum atomic E-state index is 0.488. The van der Waals surface area contributed by atoms with Gasteiger partial charge in [0.2, 0.25) is 0 Å². The van der Waals surface area contributed by atoms with Crippen molar-refractivity contribution in [3.63, 3.8) is 0 Å². The number of benzene rings is 2. The van der Waals surface area contributed by atoms with Gasteiger partial charge in [-0.1, -0.05) is 43.3 Å². The Morgan fingerprint density at radius 3 is 2.41 bits per heavy atom. The lowest BCUT2D eigenvalue weighted by Crippen LogP contribution is -2.10. The summed E-state index contributed by atoms with van der Waals surface area (Å²) in [6.07, 6.45) is 3.37. The molecule has 2 aromatic rings. The Morgan fingerprint density at radius 2 is 1.77 bits per heavy atom. The molecule has 0 saturated carbocycles. The Bertz CT molecular complexity index is 714. The monoisotopic (exact) mass is 294 g/mol. The molecule has 2 heteroatoms. The van der Waals surface area contributed by atoms with Gasteiger partial charge in [0, 0.05) is 5.56 Å². The summed E-state index contributed by atoms with van der Waals surface area (Å²) in [4.78, 5) is 0. The second kappa shape index (κ2) is 5.88. The van der Waals surface area contributed by atoms with E-state index in [-0.39, 0.29) is 0 Å². The second-order valence-corrected chi connectivity index (χ2v) is 5.84. The predicted octanol–water partition coefficient (Wildman–Crippen LogP) is 4.95. The Morgan fingerprint density at radius 1 is 1.05 bits per heavy atom. The molecule has 0 aromatic heterocycles. The van der Waals surface area contributed by atoms with Crippen molar-refractivity contribution in [1.82, 2.24) is 0 Å². The van der Waals surface area contributed by atoms with Crippen molar-refractivity contribution < 1.29 is 9.47 Å². The lowest BCUT2D eigenvalue weighted by molar-refractivity contribution is 0.353. The largest absolute Gasteiger partial charge is 0.493 e. The van der Waals surface area contributed by atoms with Gasteiger partial charge >= 0.3 is 0 Å². The standard InChI is InChI=1S/C20H22O2/c1-13-10-11-16(15-8-6-5-7-9-15)19-18(13)14(2)12-17(21-3)20(19)22-4/h5-9,11-13H,10H2,1-4H3. The average molecular weight is 294 g/mol. The van der Waals surface area contributed by atoms with Gasteiger partial charge in [-0.25, -0.2) is 0 Å². The normalized spacial score (nSPS) is 16.7. The number of methoxy groups -OCH3 is 2. The van der Waals surface area contributed by atoms with Crippen LogP contribution >= 0.6 is 0 Å². The molecular weight excluding hydrogens is 272 g/mol. The first-order valence-corrected chi connectivity index (χ1v) is 7.68. The van der Waals surface area contributed by atoms with Gasteiger partial charge in [0.15, 0.2) is 11.5 Å². The van der Waals surface area contributed by atoms with E-state index in [9.17, 15) is 0 Å². The molecule has 0 fully saturated rings. The van der Waals surface area contributed by atoms with Crippen molar-refractivity contribution in [1.29, 1.82) is 0 Å². The molecule has 1 unspecified atom stereocenters. The zero-order valence-electron chi connectivity index (χ0n) is 13.6. The van der Waals surface area contributed by atoms with Crippen LogP contribution in [0.5, 0.6) is 11.5 Å². The lowest BCUT2D eigenvalue weighted by atomic mass is 9.78. The summed E-state index contributed by atoms with van der Waals surface area (Å²) in [5, 5.41) is 0. The van der Waals surface area contributed by atoms with Crippen LogP contribution in [0.15, 0.2) is 42.5 Å². The molecule has 1 aliphatic carbocycles. The first-order chi connectivity index (χ1) is 10.7.